The van der Waals surface area contributed by atoms with Gasteiger partial charge in [0.1, 0.15) is 5.52 Å². The van der Waals surface area contributed by atoms with Crippen molar-refractivity contribution in [3.63, 3.8) is 0 Å². The Morgan fingerprint density at radius 2 is 2.04 bits per heavy atom. The van der Waals surface area contributed by atoms with E-state index in [0.29, 0.717) is 12.6 Å². The highest BCUT2D eigenvalue weighted by atomic mass is 16.4. The van der Waals surface area contributed by atoms with Gasteiger partial charge < -0.3 is 19.5 Å². The SMILES string of the molecule is O=C(NCCCN1CCCC1)C1CCCN(c2nc3ccccc3o2)C1. The molecule has 2 fully saturated rings. The van der Waals surface area contributed by atoms with Crippen LogP contribution in [0.15, 0.2) is 28.7 Å². The molecule has 4 rings (SSSR count). The lowest BCUT2D eigenvalue weighted by molar-refractivity contribution is -0.125. The van der Waals surface area contributed by atoms with E-state index in [0.717, 1.165) is 50.0 Å². The van der Waals surface area contributed by atoms with Crippen LogP contribution in [-0.4, -0.2) is 55.1 Å². The highest BCUT2D eigenvalue weighted by Gasteiger charge is 2.28. The Bertz CT molecular complexity index is 705. The van der Waals surface area contributed by atoms with Crippen molar-refractivity contribution in [2.24, 2.45) is 5.92 Å². The smallest absolute Gasteiger partial charge is 0.298 e. The molecule has 0 aliphatic carbocycles. The van der Waals surface area contributed by atoms with Crippen molar-refractivity contribution in [3.05, 3.63) is 24.3 Å². The number of oxazole rings is 1. The van der Waals surface area contributed by atoms with E-state index >= 15 is 0 Å². The summed E-state index contributed by atoms with van der Waals surface area (Å²) in [5.41, 5.74) is 1.67. The standard InChI is InChI=1S/C20H28N4O2/c25-19(21-10-6-13-23-11-3-4-12-23)16-7-5-14-24(15-16)20-22-17-8-1-2-9-18(17)26-20/h1-2,8-9,16H,3-7,10-15H2,(H,21,25). The number of carbonyl (C=O) groups excluding carboxylic acids is 1. The van der Waals surface area contributed by atoms with Gasteiger partial charge in [0.15, 0.2) is 5.58 Å². The van der Waals surface area contributed by atoms with Crippen molar-refractivity contribution in [2.45, 2.75) is 32.1 Å². The second-order valence-electron chi connectivity index (χ2n) is 7.44. The first kappa shape index (κ1) is 17.3. The van der Waals surface area contributed by atoms with Crippen LogP contribution in [0.2, 0.25) is 0 Å². The van der Waals surface area contributed by atoms with E-state index < -0.39 is 0 Å². The van der Waals surface area contributed by atoms with E-state index in [-0.39, 0.29) is 11.8 Å². The molecule has 1 amide bonds. The van der Waals surface area contributed by atoms with Crippen molar-refractivity contribution in [1.29, 1.82) is 0 Å². The lowest BCUT2D eigenvalue weighted by Gasteiger charge is -2.30. The van der Waals surface area contributed by atoms with E-state index in [2.05, 4.69) is 20.1 Å². The maximum atomic E-state index is 12.5. The molecule has 2 aliphatic heterocycles. The summed E-state index contributed by atoms with van der Waals surface area (Å²) in [5.74, 6) is 0.192. The molecule has 1 atom stereocenters. The molecule has 0 bridgehead atoms. The predicted octanol–water partition coefficient (Wildman–Crippen LogP) is 2.65. The van der Waals surface area contributed by atoms with Gasteiger partial charge in [-0.2, -0.15) is 4.98 Å². The Kier molecular flexibility index (Phi) is 5.39. The Morgan fingerprint density at radius 1 is 1.19 bits per heavy atom. The predicted molar refractivity (Wildman–Crippen MR) is 102 cm³/mol. The Balaban J connectivity index is 1.27. The van der Waals surface area contributed by atoms with Gasteiger partial charge in [0, 0.05) is 19.6 Å². The highest BCUT2D eigenvalue weighted by Crippen LogP contribution is 2.26. The molecule has 2 aromatic rings. The normalized spacial score (nSPS) is 21.4. The van der Waals surface area contributed by atoms with Gasteiger partial charge in [0.05, 0.1) is 5.92 Å². The second kappa shape index (κ2) is 8.08. The van der Waals surface area contributed by atoms with Crippen molar-refractivity contribution in [3.8, 4) is 0 Å². The molecule has 0 radical (unpaired) electrons. The molecule has 2 saturated heterocycles. The average molecular weight is 356 g/mol. The molecular weight excluding hydrogens is 328 g/mol. The molecule has 6 heteroatoms. The summed E-state index contributed by atoms with van der Waals surface area (Å²) < 4.78 is 5.87. The Labute approximate surface area is 154 Å². The Morgan fingerprint density at radius 3 is 2.88 bits per heavy atom. The summed E-state index contributed by atoms with van der Waals surface area (Å²) in [4.78, 5) is 21.7. The van der Waals surface area contributed by atoms with Crippen LogP contribution >= 0.6 is 0 Å². The molecule has 1 aromatic carbocycles. The van der Waals surface area contributed by atoms with Crippen LogP contribution in [0.25, 0.3) is 11.1 Å². The highest BCUT2D eigenvalue weighted by molar-refractivity contribution is 5.79. The second-order valence-corrected chi connectivity index (χ2v) is 7.44. The largest absolute Gasteiger partial charge is 0.423 e. The van der Waals surface area contributed by atoms with Gasteiger partial charge >= 0.3 is 0 Å². The maximum Gasteiger partial charge on any atom is 0.298 e. The van der Waals surface area contributed by atoms with E-state index in [9.17, 15) is 4.79 Å². The van der Waals surface area contributed by atoms with Crippen LogP contribution in [0.4, 0.5) is 6.01 Å². The molecule has 1 N–H and O–H groups in total. The third-order valence-electron chi connectivity index (χ3n) is 5.49. The fourth-order valence-electron chi connectivity index (χ4n) is 4.03. The minimum absolute atomic E-state index is 0.0190. The van der Waals surface area contributed by atoms with Gasteiger partial charge in [-0.25, -0.2) is 0 Å². The number of anilines is 1. The van der Waals surface area contributed by atoms with Crippen LogP contribution in [0, 0.1) is 5.92 Å². The van der Waals surface area contributed by atoms with Crippen LogP contribution in [0.1, 0.15) is 32.1 Å². The third-order valence-corrected chi connectivity index (χ3v) is 5.49. The topological polar surface area (TPSA) is 61.6 Å². The minimum Gasteiger partial charge on any atom is -0.423 e. The number of rotatable bonds is 6. The van der Waals surface area contributed by atoms with E-state index in [4.69, 9.17) is 4.42 Å². The molecular formula is C20H28N4O2. The zero-order valence-corrected chi connectivity index (χ0v) is 15.3. The Hall–Kier alpha value is -2.08. The zero-order chi connectivity index (χ0) is 17.8. The molecule has 3 heterocycles. The minimum atomic E-state index is 0.0190. The molecule has 6 nitrogen and oxygen atoms in total. The third kappa shape index (κ3) is 4.01. The van der Waals surface area contributed by atoms with Crippen molar-refractivity contribution < 1.29 is 9.21 Å². The van der Waals surface area contributed by atoms with Gasteiger partial charge in [-0.3, -0.25) is 4.79 Å². The summed E-state index contributed by atoms with van der Waals surface area (Å²) >= 11 is 0. The van der Waals surface area contributed by atoms with E-state index in [1.54, 1.807) is 0 Å². The van der Waals surface area contributed by atoms with Crippen molar-refractivity contribution in [1.82, 2.24) is 15.2 Å². The number of carbonyl (C=O) groups is 1. The number of nitrogens with zero attached hydrogens (tertiary/aromatic N) is 3. The van der Waals surface area contributed by atoms with Crippen molar-refractivity contribution in [2.75, 3.05) is 44.2 Å². The lowest BCUT2D eigenvalue weighted by Crippen LogP contribution is -2.43. The number of piperidine rings is 1. The average Bonchev–Trinajstić information content (AvgIpc) is 3.34. The first-order valence-electron chi connectivity index (χ1n) is 9.90. The molecule has 2 aliphatic rings. The first-order valence-corrected chi connectivity index (χ1v) is 9.90. The molecule has 140 valence electrons. The lowest BCUT2D eigenvalue weighted by atomic mass is 9.97. The van der Waals surface area contributed by atoms with E-state index in [1.165, 1.54) is 25.9 Å². The number of hydrogen-bond donors (Lipinski definition) is 1. The number of aromatic nitrogens is 1. The number of fused-ring (bicyclic) bond motifs is 1. The summed E-state index contributed by atoms with van der Waals surface area (Å²) in [5, 5.41) is 3.13. The van der Waals surface area contributed by atoms with Gasteiger partial charge in [0.25, 0.3) is 6.01 Å². The summed E-state index contributed by atoms with van der Waals surface area (Å²) in [6.45, 7) is 5.89. The van der Waals surface area contributed by atoms with Crippen molar-refractivity contribution >= 4 is 23.0 Å². The summed E-state index contributed by atoms with van der Waals surface area (Å²) in [6.07, 6.45) is 5.60. The summed E-state index contributed by atoms with van der Waals surface area (Å²) in [7, 11) is 0. The maximum absolute atomic E-state index is 12.5. The number of benzene rings is 1. The van der Waals surface area contributed by atoms with Gasteiger partial charge in [-0.15, -0.1) is 0 Å². The van der Waals surface area contributed by atoms with Crippen LogP contribution in [-0.2, 0) is 4.79 Å². The van der Waals surface area contributed by atoms with E-state index in [1.807, 2.05) is 24.3 Å². The van der Waals surface area contributed by atoms with Crippen LogP contribution in [0.5, 0.6) is 0 Å². The zero-order valence-electron chi connectivity index (χ0n) is 15.3. The number of likely N-dealkylation sites (tertiary alicyclic amines) is 1. The molecule has 0 saturated carbocycles. The van der Waals surface area contributed by atoms with Crippen LogP contribution < -0.4 is 10.2 Å². The molecule has 0 spiro atoms. The van der Waals surface area contributed by atoms with Crippen LogP contribution in [0.3, 0.4) is 0 Å². The molecule has 1 unspecified atom stereocenters. The number of para-hydroxylation sites is 2. The van der Waals surface area contributed by atoms with Gasteiger partial charge in [-0.05, 0) is 63.9 Å². The number of nitrogens with one attached hydrogen (secondary N) is 1. The van der Waals surface area contributed by atoms with Gasteiger partial charge in [0.2, 0.25) is 5.91 Å². The monoisotopic (exact) mass is 356 g/mol. The van der Waals surface area contributed by atoms with Gasteiger partial charge in [-0.1, -0.05) is 12.1 Å². The first-order chi connectivity index (χ1) is 12.8. The molecule has 1 aromatic heterocycles. The quantitative estimate of drug-likeness (QED) is 0.806. The number of hydrogen-bond acceptors (Lipinski definition) is 5. The number of amides is 1. The summed E-state index contributed by atoms with van der Waals surface area (Å²) in [6, 6.07) is 8.43. The molecule has 26 heavy (non-hydrogen) atoms. The fraction of sp³-hybridized carbons (Fsp3) is 0.600. The fourth-order valence-corrected chi connectivity index (χ4v) is 4.03.